The third kappa shape index (κ3) is 2.85. The molecule has 20 heavy (non-hydrogen) atoms. The number of nitrogens with zero attached hydrogens (tertiary/aromatic N) is 1. The molecule has 0 radical (unpaired) electrons. The largest absolute Gasteiger partial charge is 0.345 e. The van der Waals surface area contributed by atoms with Gasteiger partial charge in [-0.15, -0.1) is 0 Å². The van der Waals surface area contributed by atoms with Gasteiger partial charge in [0.1, 0.15) is 0 Å². The first-order chi connectivity index (χ1) is 9.40. The first kappa shape index (κ1) is 14.6. The molecule has 1 unspecified atom stereocenters. The maximum atomic E-state index is 12.3. The van der Waals surface area contributed by atoms with Crippen LogP contribution in [0.1, 0.15) is 18.5 Å². The van der Waals surface area contributed by atoms with Gasteiger partial charge in [-0.25, -0.2) is 4.79 Å². The van der Waals surface area contributed by atoms with E-state index in [1.807, 2.05) is 24.3 Å². The van der Waals surface area contributed by atoms with Crippen molar-refractivity contribution < 1.29 is 9.59 Å². The topological polar surface area (TPSA) is 61.4 Å². The number of allylic oxidation sites excluding steroid dienone is 1. The average Bonchev–Trinajstić information content (AvgIpc) is 2.37. The van der Waals surface area contributed by atoms with Crippen molar-refractivity contribution in [1.29, 1.82) is 0 Å². The Bertz CT molecular complexity index is 596. The molecule has 6 heteroatoms. The minimum absolute atomic E-state index is 0.125. The third-order valence-corrected chi connectivity index (χ3v) is 3.58. The van der Waals surface area contributed by atoms with Crippen LogP contribution >= 0.6 is 15.9 Å². The SMILES string of the molecule is CC1=C(C(=O)N(C)C)C(c2cccc(Br)c2)NC(=O)N1. The molecule has 1 atom stereocenters. The van der Waals surface area contributed by atoms with Crippen LogP contribution in [0.2, 0.25) is 0 Å². The van der Waals surface area contributed by atoms with Crippen LogP contribution in [0.4, 0.5) is 4.79 Å². The van der Waals surface area contributed by atoms with Gasteiger partial charge in [-0.2, -0.15) is 0 Å². The van der Waals surface area contributed by atoms with Gasteiger partial charge >= 0.3 is 6.03 Å². The van der Waals surface area contributed by atoms with E-state index >= 15 is 0 Å². The number of nitrogens with one attached hydrogen (secondary N) is 2. The number of halogens is 1. The van der Waals surface area contributed by atoms with Gasteiger partial charge in [0.2, 0.25) is 0 Å². The van der Waals surface area contributed by atoms with Crippen molar-refractivity contribution >= 4 is 27.9 Å². The van der Waals surface area contributed by atoms with Crippen LogP contribution in [0, 0.1) is 0 Å². The Morgan fingerprint density at radius 1 is 1.35 bits per heavy atom. The van der Waals surface area contributed by atoms with E-state index in [0.29, 0.717) is 11.3 Å². The maximum absolute atomic E-state index is 12.3. The Hall–Kier alpha value is -1.82. The predicted molar refractivity (Wildman–Crippen MR) is 79.9 cm³/mol. The zero-order chi connectivity index (χ0) is 14.9. The first-order valence-corrected chi connectivity index (χ1v) is 6.95. The summed E-state index contributed by atoms with van der Waals surface area (Å²) in [6.45, 7) is 1.74. The van der Waals surface area contributed by atoms with Gasteiger partial charge in [-0.05, 0) is 24.6 Å². The van der Waals surface area contributed by atoms with Crippen LogP contribution in [0.25, 0.3) is 0 Å². The summed E-state index contributed by atoms with van der Waals surface area (Å²) in [5.74, 6) is -0.125. The first-order valence-electron chi connectivity index (χ1n) is 6.15. The lowest BCUT2D eigenvalue weighted by molar-refractivity contribution is -0.125. The molecule has 1 aromatic rings. The van der Waals surface area contributed by atoms with Crippen molar-refractivity contribution in [3.05, 3.63) is 45.6 Å². The number of amides is 3. The highest BCUT2D eigenvalue weighted by Crippen LogP contribution is 2.29. The highest BCUT2D eigenvalue weighted by Gasteiger charge is 2.31. The Morgan fingerprint density at radius 2 is 2.05 bits per heavy atom. The number of urea groups is 1. The van der Waals surface area contributed by atoms with Crippen molar-refractivity contribution in [3.63, 3.8) is 0 Å². The standard InChI is InChI=1S/C14H16BrN3O2/c1-8-11(13(19)18(2)3)12(17-14(20)16-8)9-5-4-6-10(15)7-9/h4-7,12H,1-3H3,(H2,16,17,20). The molecule has 3 amide bonds. The number of likely N-dealkylation sites (N-methyl/N-ethyl adjacent to an activating group) is 1. The van der Waals surface area contributed by atoms with Gasteiger partial charge in [-0.1, -0.05) is 28.1 Å². The van der Waals surface area contributed by atoms with E-state index in [9.17, 15) is 9.59 Å². The molecule has 1 aliphatic rings. The molecular formula is C14H16BrN3O2. The van der Waals surface area contributed by atoms with Crippen LogP contribution in [-0.2, 0) is 4.79 Å². The Kier molecular flexibility index (Phi) is 4.13. The van der Waals surface area contributed by atoms with E-state index in [1.165, 1.54) is 4.90 Å². The van der Waals surface area contributed by atoms with Gasteiger partial charge in [0.15, 0.2) is 0 Å². The predicted octanol–water partition coefficient (Wildman–Crippen LogP) is 2.17. The molecule has 2 N–H and O–H groups in total. The van der Waals surface area contributed by atoms with Gasteiger partial charge < -0.3 is 15.5 Å². The Balaban J connectivity index is 2.50. The van der Waals surface area contributed by atoms with Crippen molar-refractivity contribution in [2.45, 2.75) is 13.0 Å². The molecular weight excluding hydrogens is 322 g/mol. The number of benzene rings is 1. The van der Waals surface area contributed by atoms with E-state index in [0.717, 1.165) is 10.0 Å². The van der Waals surface area contributed by atoms with Crippen LogP contribution in [0.15, 0.2) is 40.0 Å². The lowest BCUT2D eigenvalue weighted by atomic mass is 9.95. The Morgan fingerprint density at radius 3 is 2.65 bits per heavy atom. The second-order valence-corrected chi connectivity index (χ2v) is 5.74. The Labute approximate surface area is 126 Å². The number of carbonyl (C=O) groups excluding carboxylic acids is 2. The van der Waals surface area contributed by atoms with Crippen molar-refractivity contribution in [2.24, 2.45) is 0 Å². The van der Waals surface area contributed by atoms with Crippen molar-refractivity contribution in [1.82, 2.24) is 15.5 Å². The molecule has 0 aliphatic carbocycles. The summed E-state index contributed by atoms with van der Waals surface area (Å²) in [5.41, 5.74) is 1.99. The minimum atomic E-state index is -0.448. The summed E-state index contributed by atoms with van der Waals surface area (Å²) < 4.78 is 0.900. The summed E-state index contributed by atoms with van der Waals surface area (Å²) in [6.07, 6.45) is 0. The van der Waals surface area contributed by atoms with Crippen molar-refractivity contribution in [3.8, 4) is 0 Å². The lowest BCUT2D eigenvalue weighted by Crippen LogP contribution is -2.46. The zero-order valence-electron chi connectivity index (χ0n) is 11.5. The van der Waals surface area contributed by atoms with E-state index in [-0.39, 0.29) is 11.9 Å². The number of carbonyl (C=O) groups is 2. The lowest BCUT2D eigenvalue weighted by Gasteiger charge is -2.30. The van der Waals surface area contributed by atoms with Crippen LogP contribution < -0.4 is 10.6 Å². The van der Waals surface area contributed by atoms with Crippen LogP contribution in [0.5, 0.6) is 0 Å². The second-order valence-electron chi connectivity index (χ2n) is 4.82. The summed E-state index contributed by atoms with van der Waals surface area (Å²) in [6, 6.07) is 6.81. The molecule has 0 saturated heterocycles. The van der Waals surface area contributed by atoms with Gasteiger partial charge in [-0.3, -0.25) is 4.79 Å². The molecule has 0 saturated carbocycles. The van der Waals surface area contributed by atoms with Crippen molar-refractivity contribution in [2.75, 3.05) is 14.1 Å². The summed E-state index contributed by atoms with van der Waals surface area (Å²) in [4.78, 5) is 25.5. The minimum Gasteiger partial charge on any atom is -0.345 e. The number of hydrogen-bond donors (Lipinski definition) is 2. The van der Waals surface area contributed by atoms with E-state index in [2.05, 4.69) is 26.6 Å². The average molecular weight is 338 g/mol. The molecule has 2 rings (SSSR count). The molecule has 0 aromatic heterocycles. The van der Waals surface area contributed by atoms with E-state index in [1.54, 1.807) is 21.0 Å². The van der Waals surface area contributed by atoms with E-state index < -0.39 is 6.04 Å². The van der Waals surface area contributed by atoms with Gasteiger partial charge in [0, 0.05) is 24.3 Å². The number of rotatable bonds is 2. The quantitative estimate of drug-likeness (QED) is 0.868. The van der Waals surface area contributed by atoms with Gasteiger partial charge in [0.05, 0.1) is 11.6 Å². The molecule has 5 nitrogen and oxygen atoms in total. The highest BCUT2D eigenvalue weighted by atomic mass is 79.9. The van der Waals surface area contributed by atoms with Crippen LogP contribution in [-0.4, -0.2) is 30.9 Å². The fourth-order valence-corrected chi connectivity index (χ4v) is 2.57. The molecule has 1 heterocycles. The number of hydrogen-bond acceptors (Lipinski definition) is 2. The second kappa shape index (κ2) is 5.66. The van der Waals surface area contributed by atoms with Crippen LogP contribution in [0.3, 0.4) is 0 Å². The third-order valence-electron chi connectivity index (χ3n) is 3.09. The molecule has 1 aliphatic heterocycles. The molecule has 0 bridgehead atoms. The normalized spacial score (nSPS) is 18.4. The summed E-state index contributed by atoms with van der Waals surface area (Å²) in [7, 11) is 3.38. The monoisotopic (exact) mass is 337 g/mol. The fraction of sp³-hybridized carbons (Fsp3) is 0.286. The molecule has 0 fully saturated rings. The summed E-state index contributed by atoms with van der Waals surface area (Å²) >= 11 is 3.41. The zero-order valence-corrected chi connectivity index (χ0v) is 13.1. The highest BCUT2D eigenvalue weighted by molar-refractivity contribution is 9.10. The molecule has 0 spiro atoms. The van der Waals surface area contributed by atoms with E-state index in [4.69, 9.17) is 0 Å². The smallest absolute Gasteiger partial charge is 0.319 e. The maximum Gasteiger partial charge on any atom is 0.319 e. The van der Waals surface area contributed by atoms with Gasteiger partial charge in [0.25, 0.3) is 5.91 Å². The molecule has 106 valence electrons. The summed E-state index contributed by atoms with van der Waals surface area (Å²) in [5, 5.41) is 5.45. The fourth-order valence-electron chi connectivity index (χ4n) is 2.15. The molecule has 1 aromatic carbocycles.